The van der Waals surface area contributed by atoms with E-state index in [-0.39, 0.29) is 5.84 Å². The van der Waals surface area contributed by atoms with E-state index in [1.807, 2.05) is 13.0 Å². The number of aryl methyl sites for hydroxylation is 1. The largest absolute Gasteiger partial charge is 0.384 e. The number of nitrogen functional groups attached to an aromatic ring is 1. The Morgan fingerprint density at radius 2 is 2.31 bits per heavy atom. The smallest absolute Gasteiger partial charge is 0.189 e. The highest BCUT2D eigenvalue weighted by molar-refractivity contribution is 7.99. The highest BCUT2D eigenvalue weighted by Gasteiger charge is 2.12. The molecule has 0 saturated heterocycles. The van der Waals surface area contributed by atoms with E-state index in [9.17, 15) is 0 Å². The van der Waals surface area contributed by atoms with Gasteiger partial charge in [0.05, 0.1) is 5.56 Å². The number of hydrogen-bond acceptors (Lipinski definition) is 5. The summed E-state index contributed by atoms with van der Waals surface area (Å²) in [4.78, 5) is 8.18. The van der Waals surface area contributed by atoms with Crippen molar-refractivity contribution in [2.24, 2.45) is 5.73 Å². The average molecular weight is 234 g/mol. The molecule has 0 radical (unpaired) electrons. The lowest BCUT2D eigenvalue weighted by molar-refractivity contribution is 0.965. The van der Waals surface area contributed by atoms with Crippen LogP contribution >= 0.6 is 11.8 Å². The minimum atomic E-state index is 0.00705. The topological polar surface area (TPSA) is 104 Å². The van der Waals surface area contributed by atoms with Crippen molar-refractivity contribution in [1.29, 1.82) is 5.41 Å². The van der Waals surface area contributed by atoms with Gasteiger partial charge in [-0.1, -0.05) is 0 Å². The maximum atomic E-state index is 7.52. The van der Waals surface area contributed by atoms with Gasteiger partial charge in [-0.3, -0.25) is 10.5 Å². The van der Waals surface area contributed by atoms with Crippen LogP contribution in [-0.2, 0) is 0 Å². The lowest BCUT2D eigenvalue weighted by Crippen LogP contribution is -2.14. The molecular formula is C9H10N6S. The zero-order valence-electron chi connectivity index (χ0n) is 8.56. The molecule has 0 saturated carbocycles. The summed E-state index contributed by atoms with van der Waals surface area (Å²) in [7, 11) is 0. The lowest BCUT2D eigenvalue weighted by Gasteiger charge is -2.07. The Labute approximate surface area is 96.2 Å². The third kappa shape index (κ3) is 2.03. The molecule has 0 unspecified atom stereocenters. The summed E-state index contributed by atoms with van der Waals surface area (Å²) in [5.41, 5.74) is 7.09. The molecule has 0 aliphatic rings. The van der Waals surface area contributed by atoms with Crippen molar-refractivity contribution in [2.45, 2.75) is 17.1 Å². The minimum Gasteiger partial charge on any atom is -0.384 e. The third-order valence-corrected chi connectivity index (χ3v) is 2.87. The molecule has 2 aromatic heterocycles. The van der Waals surface area contributed by atoms with Crippen LogP contribution in [0, 0.1) is 12.3 Å². The Bertz CT molecular complexity index is 507. The van der Waals surface area contributed by atoms with Crippen molar-refractivity contribution in [3.05, 3.63) is 29.7 Å². The van der Waals surface area contributed by atoms with Crippen LogP contribution in [0.3, 0.4) is 0 Å². The normalized spacial score (nSPS) is 10.3. The quantitative estimate of drug-likeness (QED) is 0.541. The lowest BCUT2D eigenvalue weighted by atomic mass is 10.1. The summed E-state index contributed by atoms with van der Waals surface area (Å²) >= 11 is 1.30. The summed E-state index contributed by atoms with van der Waals surface area (Å²) in [6.07, 6.45) is 3.10. The summed E-state index contributed by atoms with van der Waals surface area (Å²) in [5.74, 6) is 0.00705. The molecule has 0 aliphatic carbocycles. The predicted molar refractivity (Wildman–Crippen MR) is 60.5 cm³/mol. The Hall–Kier alpha value is -1.89. The van der Waals surface area contributed by atoms with Gasteiger partial charge in [0.1, 0.15) is 17.2 Å². The van der Waals surface area contributed by atoms with E-state index < -0.39 is 0 Å². The van der Waals surface area contributed by atoms with Crippen LogP contribution in [0.2, 0.25) is 0 Å². The van der Waals surface area contributed by atoms with Crippen molar-refractivity contribution in [3.8, 4) is 0 Å². The van der Waals surface area contributed by atoms with Gasteiger partial charge in [0.25, 0.3) is 0 Å². The van der Waals surface area contributed by atoms with Crippen molar-refractivity contribution in [3.63, 3.8) is 0 Å². The van der Waals surface area contributed by atoms with Gasteiger partial charge in [-0.25, -0.2) is 9.97 Å². The molecule has 0 fully saturated rings. The molecule has 7 heteroatoms. The molecule has 0 aromatic carbocycles. The van der Waals surface area contributed by atoms with E-state index in [0.29, 0.717) is 15.7 Å². The Balaban J connectivity index is 2.40. The standard InChI is InChI=1S/C9H10N6S/c1-5-2-3-12-8(6(5)7(10)11)16-9-13-4-14-15-9/h2-4H,1H3,(H3,10,11)(H,13,14,15). The van der Waals surface area contributed by atoms with Crippen molar-refractivity contribution < 1.29 is 0 Å². The van der Waals surface area contributed by atoms with Gasteiger partial charge < -0.3 is 5.73 Å². The predicted octanol–water partition coefficient (Wildman–Crippen LogP) is 0.943. The highest BCUT2D eigenvalue weighted by atomic mass is 32.2. The highest BCUT2D eigenvalue weighted by Crippen LogP contribution is 2.26. The second-order valence-corrected chi connectivity index (χ2v) is 4.09. The molecule has 82 valence electrons. The Morgan fingerprint density at radius 1 is 1.50 bits per heavy atom. The van der Waals surface area contributed by atoms with Crippen molar-refractivity contribution in [1.82, 2.24) is 20.2 Å². The van der Waals surface area contributed by atoms with Crippen LogP contribution in [-0.4, -0.2) is 26.0 Å². The molecule has 0 atom stereocenters. The van der Waals surface area contributed by atoms with Gasteiger partial charge in [-0.2, -0.15) is 5.10 Å². The van der Waals surface area contributed by atoms with Crippen LogP contribution in [0.5, 0.6) is 0 Å². The number of H-pyrrole nitrogens is 1. The minimum absolute atomic E-state index is 0.00705. The van der Waals surface area contributed by atoms with E-state index in [2.05, 4.69) is 20.2 Å². The molecule has 0 spiro atoms. The second kappa shape index (κ2) is 4.31. The first-order valence-electron chi connectivity index (χ1n) is 4.51. The van der Waals surface area contributed by atoms with E-state index in [4.69, 9.17) is 11.1 Å². The van der Waals surface area contributed by atoms with Gasteiger partial charge in [0.2, 0.25) is 0 Å². The first-order valence-corrected chi connectivity index (χ1v) is 5.33. The molecule has 0 aliphatic heterocycles. The van der Waals surface area contributed by atoms with Gasteiger partial charge in [0.15, 0.2) is 5.16 Å². The van der Waals surface area contributed by atoms with Crippen molar-refractivity contribution >= 4 is 17.6 Å². The number of pyridine rings is 1. The number of amidine groups is 1. The van der Waals surface area contributed by atoms with E-state index in [1.54, 1.807) is 6.20 Å². The molecule has 2 heterocycles. The Kier molecular flexibility index (Phi) is 2.86. The fraction of sp³-hybridized carbons (Fsp3) is 0.111. The number of aromatic nitrogens is 4. The second-order valence-electron chi connectivity index (χ2n) is 3.11. The van der Waals surface area contributed by atoms with Crippen LogP contribution < -0.4 is 5.73 Å². The van der Waals surface area contributed by atoms with Gasteiger partial charge >= 0.3 is 0 Å². The van der Waals surface area contributed by atoms with E-state index in [0.717, 1.165) is 5.56 Å². The van der Waals surface area contributed by atoms with Crippen LogP contribution in [0.15, 0.2) is 28.8 Å². The molecule has 0 bridgehead atoms. The summed E-state index contributed by atoms with van der Waals surface area (Å²) in [5, 5.41) is 15.3. The van der Waals surface area contributed by atoms with Crippen LogP contribution in [0.4, 0.5) is 0 Å². The molecular weight excluding hydrogens is 224 g/mol. The SMILES string of the molecule is Cc1ccnc(Sc2ncn[nH]2)c1C(=N)N. The summed E-state index contributed by atoms with van der Waals surface area (Å²) < 4.78 is 0. The molecule has 2 aromatic rings. The van der Waals surface area contributed by atoms with Crippen molar-refractivity contribution in [2.75, 3.05) is 0 Å². The average Bonchev–Trinajstić information content (AvgIpc) is 2.70. The molecule has 2 rings (SSSR count). The van der Waals surface area contributed by atoms with E-state index >= 15 is 0 Å². The van der Waals surface area contributed by atoms with Gasteiger partial charge in [-0.05, 0) is 30.3 Å². The molecule has 16 heavy (non-hydrogen) atoms. The number of nitrogens with two attached hydrogens (primary N) is 1. The maximum absolute atomic E-state index is 7.52. The molecule has 0 amide bonds. The van der Waals surface area contributed by atoms with Crippen LogP contribution in [0.25, 0.3) is 0 Å². The van der Waals surface area contributed by atoms with Gasteiger partial charge in [0, 0.05) is 6.20 Å². The maximum Gasteiger partial charge on any atom is 0.189 e. The fourth-order valence-corrected chi connectivity index (χ4v) is 2.14. The number of nitrogens with zero attached hydrogens (tertiary/aromatic N) is 3. The third-order valence-electron chi connectivity index (χ3n) is 1.98. The summed E-state index contributed by atoms with van der Waals surface area (Å²) in [6, 6.07) is 1.82. The molecule has 4 N–H and O–H groups in total. The Morgan fingerprint density at radius 3 is 2.94 bits per heavy atom. The first-order chi connectivity index (χ1) is 7.68. The zero-order chi connectivity index (χ0) is 11.5. The number of aromatic amines is 1. The van der Waals surface area contributed by atoms with Gasteiger partial charge in [-0.15, -0.1) is 0 Å². The number of nitrogens with one attached hydrogen (secondary N) is 2. The number of hydrogen-bond donors (Lipinski definition) is 3. The molecule has 6 nitrogen and oxygen atoms in total. The van der Waals surface area contributed by atoms with E-state index in [1.165, 1.54) is 18.1 Å². The first kappa shape index (κ1) is 10.6. The zero-order valence-corrected chi connectivity index (χ0v) is 9.38. The monoisotopic (exact) mass is 234 g/mol. The number of rotatable bonds is 3. The van der Waals surface area contributed by atoms with Crippen LogP contribution in [0.1, 0.15) is 11.1 Å². The fourth-order valence-electron chi connectivity index (χ4n) is 1.27. The summed E-state index contributed by atoms with van der Waals surface area (Å²) in [6.45, 7) is 1.89.